The summed E-state index contributed by atoms with van der Waals surface area (Å²) in [5, 5.41) is 8.77. The minimum atomic E-state index is -0.765. The average Bonchev–Trinajstić information content (AvgIpc) is 2.96. The Kier molecular flexibility index (Phi) is 4.09. The zero-order chi connectivity index (χ0) is 13.1. The minimum Gasteiger partial charge on any atom is -0.481 e. The molecule has 0 spiro atoms. The van der Waals surface area contributed by atoms with Crippen molar-refractivity contribution in [3.63, 3.8) is 0 Å². The molecule has 0 aromatic carbocycles. The molecule has 2 amide bonds. The summed E-state index contributed by atoms with van der Waals surface area (Å²) in [5.41, 5.74) is 0. The van der Waals surface area contributed by atoms with E-state index in [1.807, 2.05) is 16.8 Å². The standard InChI is InChI=1S/C13H22N2O3/c1-14(11-4-2-3-5-11)13(18)15-7-6-10(9-15)8-12(16)17/h10-11H,2-9H2,1H3,(H,16,17). The van der Waals surface area contributed by atoms with Gasteiger partial charge in [0.05, 0.1) is 0 Å². The molecule has 1 saturated heterocycles. The maximum absolute atomic E-state index is 12.3. The highest BCUT2D eigenvalue weighted by molar-refractivity contribution is 5.75. The Morgan fingerprint density at radius 3 is 2.56 bits per heavy atom. The zero-order valence-corrected chi connectivity index (χ0v) is 11.0. The van der Waals surface area contributed by atoms with Crippen molar-refractivity contribution in [2.24, 2.45) is 5.92 Å². The summed E-state index contributed by atoms with van der Waals surface area (Å²) in [6, 6.07) is 0.464. The number of hydrogen-bond acceptors (Lipinski definition) is 2. The van der Waals surface area contributed by atoms with Crippen molar-refractivity contribution in [2.75, 3.05) is 20.1 Å². The summed E-state index contributed by atoms with van der Waals surface area (Å²) in [6.07, 6.45) is 5.63. The Balaban J connectivity index is 1.84. The Hall–Kier alpha value is -1.26. The van der Waals surface area contributed by atoms with Crippen molar-refractivity contribution in [1.82, 2.24) is 9.80 Å². The smallest absolute Gasteiger partial charge is 0.319 e. The van der Waals surface area contributed by atoms with E-state index in [0.29, 0.717) is 19.1 Å². The Labute approximate surface area is 108 Å². The van der Waals surface area contributed by atoms with Crippen molar-refractivity contribution in [3.8, 4) is 0 Å². The van der Waals surface area contributed by atoms with Crippen LogP contribution < -0.4 is 0 Å². The summed E-state index contributed by atoms with van der Waals surface area (Å²) in [5.74, 6) is -0.637. The molecular formula is C13H22N2O3. The highest BCUT2D eigenvalue weighted by atomic mass is 16.4. The molecule has 1 aliphatic carbocycles. The quantitative estimate of drug-likeness (QED) is 0.835. The van der Waals surface area contributed by atoms with Crippen LogP contribution in [0.5, 0.6) is 0 Å². The van der Waals surface area contributed by atoms with Crippen molar-refractivity contribution in [2.45, 2.75) is 44.6 Å². The van der Waals surface area contributed by atoms with Gasteiger partial charge < -0.3 is 14.9 Å². The molecule has 1 aliphatic heterocycles. The number of rotatable bonds is 3. The number of carbonyl (C=O) groups excluding carboxylic acids is 1. The van der Waals surface area contributed by atoms with E-state index in [-0.39, 0.29) is 18.4 Å². The molecule has 0 aromatic rings. The Bertz CT molecular complexity index is 326. The summed E-state index contributed by atoms with van der Waals surface area (Å²) >= 11 is 0. The molecule has 2 rings (SSSR count). The lowest BCUT2D eigenvalue weighted by Crippen LogP contribution is -2.44. The van der Waals surface area contributed by atoms with E-state index in [1.54, 1.807) is 0 Å². The molecule has 1 atom stereocenters. The van der Waals surface area contributed by atoms with Crippen molar-refractivity contribution in [1.29, 1.82) is 0 Å². The van der Waals surface area contributed by atoms with E-state index < -0.39 is 5.97 Å². The van der Waals surface area contributed by atoms with Gasteiger partial charge in [-0.25, -0.2) is 4.79 Å². The fourth-order valence-electron chi connectivity index (χ4n) is 3.09. The summed E-state index contributed by atoms with van der Waals surface area (Å²) in [6.45, 7) is 1.30. The lowest BCUT2D eigenvalue weighted by atomic mass is 10.1. The van der Waals surface area contributed by atoms with E-state index >= 15 is 0 Å². The van der Waals surface area contributed by atoms with Gasteiger partial charge in [0.2, 0.25) is 0 Å². The lowest BCUT2D eigenvalue weighted by Gasteiger charge is -2.29. The maximum Gasteiger partial charge on any atom is 0.319 e. The zero-order valence-electron chi connectivity index (χ0n) is 11.0. The topological polar surface area (TPSA) is 60.9 Å². The maximum atomic E-state index is 12.3. The average molecular weight is 254 g/mol. The molecule has 5 nitrogen and oxygen atoms in total. The van der Waals surface area contributed by atoms with Crippen LogP contribution in [-0.4, -0.2) is 53.1 Å². The van der Waals surface area contributed by atoms with Gasteiger partial charge in [0, 0.05) is 32.6 Å². The molecule has 1 N–H and O–H groups in total. The third-order valence-electron chi connectivity index (χ3n) is 4.19. The third-order valence-corrected chi connectivity index (χ3v) is 4.19. The highest BCUT2D eigenvalue weighted by Crippen LogP contribution is 2.25. The largest absolute Gasteiger partial charge is 0.481 e. The van der Waals surface area contributed by atoms with Crippen LogP contribution in [-0.2, 0) is 4.79 Å². The monoisotopic (exact) mass is 254 g/mol. The first-order valence-corrected chi connectivity index (χ1v) is 6.81. The van der Waals surface area contributed by atoms with Crippen LogP contribution in [0.3, 0.4) is 0 Å². The molecule has 1 heterocycles. The molecule has 2 aliphatic rings. The van der Waals surface area contributed by atoms with Crippen LogP contribution >= 0.6 is 0 Å². The van der Waals surface area contributed by atoms with Gasteiger partial charge in [-0.15, -0.1) is 0 Å². The van der Waals surface area contributed by atoms with Gasteiger partial charge in [0.25, 0.3) is 0 Å². The number of carboxylic acid groups (broad SMARTS) is 1. The summed E-state index contributed by atoms with van der Waals surface area (Å²) in [4.78, 5) is 26.6. The van der Waals surface area contributed by atoms with Gasteiger partial charge in [0.1, 0.15) is 0 Å². The number of hydrogen-bond donors (Lipinski definition) is 1. The molecule has 2 fully saturated rings. The lowest BCUT2D eigenvalue weighted by molar-refractivity contribution is -0.138. The first kappa shape index (κ1) is 13.2. The molecule has 0 bridgehead atoms. The van der Waals surface area contributed by atoms with Crippen LogP contribution in [0.2, 0.25) is 0 Å². The van der Waals surface area contributed by atoms with Gasteiger partial charge in [-0.1, -0.05) is 12.8 Å². The normalized spacial score (nSPS) is 24.5. The van der Waals surface area contributed by atoms with Crippen LogP contribution in [0, 0.1) is 5.92 Å². The van der Waals surface area contributed by atoms with Gasteiger partial charge in [-0.3, -0.25) is 4.79 Å². The predicted molar refractivity (Wildman–Crippen MR) is 67.3 cm³/mol. The second-order valence-electron chi connectivity index (χ2n) is 5.53. The van der Waals surface area contributed by atoms with Crippen LogP contribution in [0.15, 0.2) is 0 Å². The van der Waals surface area contributed by atoms with Crippen LogP contribution in [0.1, 0.15) is 38.5 Å². The van der Waals surface area contributed by atoms with Crippen molar-refractivity contribution < 1.29 is 14.7 Å². The Morgan fingerprint density at radius 2 is 1.94 bits per heavy atom. The molecular weight excluding hydrogens is 232 g/mol. The number of amides is 2. The first-order valence-electron chi connectivity index (χ1n) is 6.81. The summed E-state index contributed by atoms with van der Waals surface area (Å²) in [7, 11) is 1.88. The van der Waals surface area contributed by atoms with E-state index in [2.05, 4.69) is 0 Å². The van der Waals surface area contributed by atoms with E-state index in [0.717, 1.165) is 19.3 Å². The predicted octanol–water partition coefficient (Wildman–Crippen LogP) is 1.78. The number of likely N-dealkylation sites (tertiary alicyclic amines) is 1. The van der Waals surface area contributed by atoms with Gasteiger partial charge >= 0.3 is 12.0 Å². The summed E-state index contributed by atoms with van der Waals surface area (Å²) < 4.78 is 0. The van der Waals surface area contributed by atoms with E-state index in [9.17, 15) is 9.59 Å². The van der Waals surface area contributed by atoms with Crippen molar-refractivity contribution >= 4 is 12.0 Å². The molecule has 0 aromatic heterocycles. The second kappa shape index (κ2) is 5.59. The number of urea groups is 1. The fraction of sp³-hybridized carbons (Fsp3) is 0.846. The van der Waals surface area contributed by atoms with Gasteiger partial charge in [0.15, 0.2) is 0 Å². The number of carbonyl (C=O) groups is 2. The van der Waals surface area contributed by atoms with Gasteiger partial charge in [-0.2, -0.15) is 0 Å². The van der Waals surface area contributed by atoms with E-state index in [1.165, 1.54) is 12.8 Å². The number of aliphatic carboxylic acids is 1. The van der Waals surface area contributed by atoms with Crippen LogP contribution in [0.25, 0.3) is 0 Å². The molecule has 1 unspecified atom stereocenters. The molecule has 18 heavy (non-hydrogen) atoms. The highest BCUT2D eigenvalue weighted by Gasteiger charge is 2.32. The fourth-order valence-corrected chi connectivity index (χ4v) is 3.09. The second-order valence-corrected chi connectivity index (χ2v) is 5.53. The van der Waals surface area contributed by atoms with Gasteiger partial charge in [-0.05, 0) is 25.2 Å². The van der Waals surface area contributed by atoms with Crippen LogP contribution in [0.4, 0.5) is 4.79 Å². The SMILES string of the molecule is CN(C(=O)N1CCC(CC(=O)O)C1)C1CCCC1. The molecule has 0 radical (unpaired) electrons. The molecule has 102 valence electrons. The number of carboxylic acids is 1. The molecule has 1 saturated carbocycles. The number of nitrogens with zero attached hydrogens (tertiary/aromatic N) is 2. The minimum absolute atomic E-state index is 0.0785. The van der Waals surface area contributed by atoms with Crippen molar-refractivity contribution in [3.05, 3.63) is 0 Å². The third kappa shape index (κ3) is 2.94. The molecule has 5 heteroatoms. The van der Waals surface area contributed by atoms with E-state index in [4.69, 9.17) is 5.11 Å². The first-order chi connectivity index (χ1) is 8.58. The Morgan fingerprint density at radius 1 is 1.28 bits per heavy atom.